The minimum Gasteiger partial charge on any atom is -0.377 e. The molecule has 1 heterocycles. The molecule has 0 aliphatic carbocycles. The quantitative estimate of drug-likeness (QED) is 0.338. The molecule has 0 aromatic rings. The Hall–Kier alpha value is 0.0569. The van der Waals surface area contributed by atoms with Crippen molar-refractivity contribution in [3.63, 3.8) is 0 Å². The lowest BCUT2D eigenvalue weighted by Crippen LogP contribution is -2.44. The molecule has 1 saturated heterocycles. The molecular weight excluding hydrogens is 224 g/mol. The van der Waals surface area contributed by atoms with E-state index >= 15 is 0 Å². The van der Waals surface area contributed by atoms with Gasteiger partial charge < -0.3 is 18.0 Å². The maximum Gasteiger partial charge on any atom is 0.500 e. The molecule has 0 amide bonds. The van der Waals surface area contributed by atoms with Gasteiger partial charge in [0.05, 0.1) is 12.7 Å². The zero-order valence-electron chi connectivity index (χ0n) is 10.7. The first-order valence-electron chi connectivity index (χ1n) is 6.12. The van der Waals surface area contributed by atoms with E-state index in [1.165, 1.54) is 0 Å². The first kappa shape index (κ1) is 14.1. The van der Waals surface area contributed by atoms with Crippen molar-refractivity contribution in [2.75, 3.05) is 27.4 Å². The molecule has 0 aromatic heterocycles. The van der Waals surface area contributed by atoms with Gasteiger partial charge in [0.1, 0.15) is 0 Å². The molecule has 4 nitrogen and oxygen atoms in total. The van der Waals surface area contributed by atoms with Crippen molar-refractivity contribution in [2.45, 2.75) is 44.8 Å². The lowest BCUT2D eigenvalue weighted by atomic mass is 10.3. The van der Waals surface area contributed by atoms with Crippen LogP contribution in [0.3, 0.4) is 0 Å². The molecule has 1 atom stereocenters. The number of unbranched alkanes of at least 4 members (excludes halogenated alkanes) is 1. The summed E-state index contributed by atoms with van der Waals surface area (Å²) in [5.74, 6) is 0. The lowest BCUT2D eigenvalue weighted by molar-refractivity contribution is 0.0960. The average molecular weight is 248 g/mol. The zero-order chi connectivity index (χ0) is 11.9. The molecule has 0 bridgehead atoms. The van der Waals surface area contributed by atoms with Gasteiger partial charge in [-0.15, -0.1) is 0 Å². The van der Waals surface area contributed by atoms with Crippen molar-refractivity contribution in [3.8, 4) is 0 Å². The summed E-state index contributed by atoms with van der Waals surface area (Å²) in [4.78, 5) is 0. The Morgan fingerprint density at radius 2 is 1.94 bits per heavy atom. The fourth-order valence-corrected chi connectivity index (χ4v) is 3.68. The number of ether oxygens (including phenoxy) is 1. The minimum atomic E-state index is -2.38. The molecular formula is C11H24O4Si. The molecule has 0 radical (unpaired) electrons. The van der Waals surface area contributed by atoms with E-state index in [9.17, 15) is 0 Å². The fraction of sp³-hybridized carbons (Fsp3) is 1.00. The highest BCUT2D eigenvalue weighted by Gasteiger charge is 2.38. The Morgan fingerprint density at radius 3 is 2.44 bits per heavy atom. The first-order valence-corrected chi connectivity index (χ1v) is 8.05. The number of rotatable bonds is 10. The van der Waals surface area contributed by atoms with Crippen LogP contribution in [-0.2, 0) is 18.0 Å². The molecule has 16 heavy (non-hydrogen) atoms. The van der Waals surface area contributed by atoms with Crippen LogP contribution < -0.4 is 0 Å². The largest absolute Gasteiger partial charge is 0.500 e. The zero-order valence-corrected chi connectivity index (χ0v) is 11.7. The second-order valence-corrected chi connectivity index (χ2v) is 7.11. The van der Waals surface area contributed by atoms with Crippen LogP contribution >= 0.6 is 0 Å². The molecule has 1 aliphatic rings. The predicted molar refractivity (Wildman–Crippen MR) is 64.4 cm³/mol. The number of hydrogen-bond acceptors (Lipinski definition) is 4. The molecule has 0 spiro atoms. The number of hydrogen-bond donors (Lipinski definition) is 0. The smallest absolute Gasteiger partial charge is 0.377 e. The van der Waals surface area contributed by atoms with E-state index < -0.39 is 8.80 Å². The van der Waals surface area contributed by atoms with Gasteiger partial charge in [0.2, 0.25) is 0 Å². The molecule has 0 N–H and O–H groups in total. The van der Waals surface area contributed by atoms with Crippen molar-refractivity contribution >= 4 is 8.80 Å². The predicted octanol–water partition coefficient (Wildman–Crippen LogP) is 2.21. The minimum absolute atomic E-state index is 0.482. The van der Waals surface area contributed by atoms with Crippen molar-refractivity contribution in [1.29, 1.82) is 0 Å². The normalized spacial score (nSPS) is 20.1. The van der Waals surface area contributed by atoms with Crippen LogP contribution in [0.4, 0.5) is 0 Å². The standard InChI is InChI=1S/C11H24O4Si/c1-4-5-8-15-16(12-2,13-3)9-6-7-11-10-14-11/h11H,4-10H2,1-3H3. The maximum absolute atomic E-state index is 5.82. The summed E-state index contributed by atoms with van der Waals surface area (Å²) < 4.78 is 22.0. The van der Waals surface area contributed by atoms with Crippen molar-refractivity contribution in [1.82, 2.24) is 0 Å². The van der Waals surface area contributed by atoms with Crippen molar-refractivity contribution in [2.24, 2.45) is 0 Å². The van der Waals surface area contributed by atoms with E-state index in [1.54, 1.807) is 14.2 Å². The molecule has 5 heteroatoms. The topological polar surface area (TPSA) is 40.2 Å². The van der Waals surface area contributed by atoms with Crippen LogP contribution in [0.15, 0.2) is 0 Å². The van der Waals surface area contributed by atoms with Crippen LogP contribution in [0.1, 0.15) is 32.6 Å². The van der Waals surface area contributed by atoms with E-state index in [0.717, 1.165) is 44.9 Å². The summed E-state index contributed by atoms with van der Waals surface area (Å²) >= 11 is 0. The van der Waals surface area contributed by atoms with Gasteiger partial charge in [-0.2, -0.15) is 0 Å². The van der Waals surface area contributed by atoms with E-state index in [2.05, 4.69) is 6.92 Å². The van der Waals surface area contributed by atoms with Gasteiger partial charge in [-0.1, -0.05) is 13.3 Å². The van der Waals surface area contributed by atoms with Gasteiger partial charge in [0.25, 0.3) is 0 Å². The van der Waals surface area contributed by atoms with Gasteiger partial charge in [-0.3, -0.25) is 0 Å². The third-order valence-corrected chi connectivity index (χ3v) is 5.71. The molecule has 0 aromatic carbocycles. The Bertz CT molecular complexity index is 181. The molecule has 1 fully saturated rings. The SMILES string of the molecule is CCCCO[Si](CCCC1CO1)(OC)OC. The van der Waals surface area contributed by atoms with E-state index in [0.29, 0.717) is 6.10 Å². The summed E-state index contributed by atoms with van der Waals surface area (Å²) in [6.07, 6.45) is 4.83. The molecule has 1 rings (SSSR count). The van der Waals surface area contributed by atoms with Crippen LogP contribution in [0.5, 0.6) is 0 Å². The van der Waals surface area contributed by atoms with E-state index in [4.69, 9.17) is 18.0 Å². The fourth-order valence-electron chi connectivity index (χ4n) is 1.63. The van der Waals surface area contributed by atoms with Gasteiger partial charge in [0.15, 0.2) is 0 Å². The van der Waals surface area contributed by atoms with Crippen LogP contribution in [0.2, 0.25) is 6.04 Å². The highest BCUT2D eigenvalue weighted by atomic mass is 28.4. The van der Waals surface area contributed by atoms with Gasteiger partial charge in [-0.25, -0.2) is 0 Å². The Kier molecular flexibility index (Phi) is 6.53. The highest BCUT2D eigenvalue weighted by molar-refractivity contribution is 6.60. The van der Waals surface area contributed by atoms with Crippen LogP contribution in [0, 0.1) is 0 Å². The third kappa shape index (κ3) is 4.93. The second-order valence-electron chi connectivity index (χ2n) is 4.14. The molecule has 1 unspecified atom stereocenters. The Balaban J connectivity index is 2.23. The maximum atomic E-state index is 5.82. The van der Waals surface area contributed by atoms with Crippen molar-refractivity contribution < 1.29 is 18.0 Å². The monoisotopic (exact) mass is 248 g/mol. The van der Waals surface area contributed by atoms with E-state index in [-0.39, 0.29) is 0 Å². The molecule has 96 valence electrons. The first-order chi connectivity index (χ1) is 7.76. The summed E-state index contributed by atoms with van der Waals surface area (Å²) in [6, 6.07) is 0.892. The summed E-state index contributed by atoms with van der Waals surface area (Å²) in [5, 5.41) is 0. The second kappa shape index (κ2) is 7.40. The Labute approximate surface area is 99.6 Å². The van der Waals surface area contributed by atoms with Crippen molar-refractivity contribution in [3.05, 3.63) is 0 Å². The Morgan fingerprint density at radius 1 is 1.25 bits per heavy atom. The summed E-state index contributed by atoms with van der Waals surface area (Å²) in [6.45, 7) is 3.81. The average Bonchev–Trinajstić information content (AvgIpc) is 3.11. The number of epoxide rings is 1. The van der Waals surface area contributed by atoms with Gasteiger partial charge in [0, 0.05) is 26.9 Å². The molecule has 1 aliphatic heterocycles. The third-order valence-electron chi connectivity index (χ3n) is 2.85. The van der Waals surface area contributed by atoms with Crippen LogP contribution in [-0.4, -0.2) is 42.3 Å². The summed E-state index contributed by atoms with van der Waals surface area (Å²) in [5.41, 5.74) is 0. The van der Waals surface area contributed by atoms with Gasteiger partial charge >= 0.3 is 8.80 Å². The van der Waals surface area contributed by atoms with Crippen LogP contribution in [0.25, 0.3) is 0 Å². The lowest BCUT2D eigenvalue weighted by Gasteiger charge is -2.26. The van der Waals surface area contributed by atoms with E-state index in [1.807, 2.05) is 0 Å². The van der Waals surface area contributed by atoms with Gasteiger partial charge in [-0.05, 0) is 19.3 Å². The highest BCUT2D eigenvalue weighted by Crippen LogP contribution is 2.22. The summed E-state index contributed by atoms with van der Waals surface area (Å²) in [7, 11) is 1.00. The molecule has 0 saturated carbocycles.